The zero-order valence-electron chi connectivity index (χ0n) is 16.0. The second-order valence-corrected chi connectivity index (χ2v) is 6.40. The summed E-state index contributed by atoms with van der Waals surface area (Å²) in [6, 6.07) is 14.7. The van der Waals surface area contributed by atoms with Gasteiger partial charge in [-0.3, -0.25) is 9.59 Å². The second-order valence-electron chi connectivity index (χ2n) is 6.40. The van der Waals surface area contributed by atoms with Crippen molar-refractivity contribution < 1.29 is 19.8 Å². The summed E-state index contributed by atoms with van der Waals surface area (Å²) in [4.78, 5) is 26.0. The van der Waals surface area contributed by atoms with Gasteiger partial charge >= 0.3 is 0 Å². The van der Waals surface area contributed by atoms with Gasteiger partial charge in [0.15, 0.2) is 11.4 Å². The smallest absolute Gasteiger partial charge is 0.268 e. The summed E-state index contributed by atoms with van der Waals surface area (Å²) < 4.78 is 0. The van der Waals surface area contributed by atoms with Crippen molar-refractivity contribution in [3.63, 3.8) is 0 Å². The van der Waals surface area contributed by atoms with E-state index in [-0.39, 0.29) is 35.6 Å². The lowest BCUT2D eigenvalue weighted by Gasteiger charge is -2.17. The molecule has 146 valence electrons. The van der Waals surface area contributed by atoms with E-state index >= 15 is 0 Å². The number of phenolic OH excluding ortho intramolecular Hbond substituents is 1. The molecule has 0 aromatic heterocycles. The lowest BCUT2D eigenvalue weighted by molar-refractivity contribution is -0.125. The van der Waals surface area contributed by atoms with Gasteiger partial charge in [0.2, 0.25) is 0 Å². The van der Waals surface area contributed by atoms with E-state index in [1.54, 1.807) is 42.5 Å². The topological polar surface area (TPSA) is 125 Å². The Bertz CT molecular complexity index is 1060. The summed E-state index contributed by atoms with van der Waals surface area (Å²) in [5, 5.41) is 38.7. The standard InChI is InChI=1S/C22H19N3O4/c1-14-10-16(11-17(12-23)20(14)27)21(28)18(13-24)22(29)25(2)9-8-19(26)15-6-4-3-5-7-15/h3-7,10-11,27-28H,8-9H2,1-2H3/b21-18-. The number of nitrogens with zero attached hydrogens (tertiary/aromatic N) is 3. The number of aromatic hydroxyl groups is 1. The van der Waals surface area contributed by atoms with E-state index in [4.69, 9.17) is 5.26 Å². The fourth-order valence-electron chi connectivity index (χ4n) is 2.68. The van der Waals surface area contributed by atoms with Crippen LogP contribution < -0.4 is 0 Å². The van der Waals surface area contributed by atoms with Gasteiger partial charge in [0.1, 0.15) is 23.6 Å². The highest BCUT2D eigenvalue weighted by molar-refractivity contribution is 6.04. The van der Waals surface area contributed by atoms with Crippen LogP contribution in [-0.4, -0.2) is 40.4 Å². The van der Waals surface area contributed by atoms with Crippen LogP contribution >= 0.6 is 0 Å². The first-order chi connectivity index (χ1) is 13.8. The number of aliphatic hydroxyl groups is 1. The van der Waals surface area contributed by atoms with Crippen LogP contribution in [0.2, 0.25) is 0 Å². The van der Waals surface area contributed by atoms with Gasteiger partial charge in [0.05, 0.1) is 5.56 Å². The maximum Gasteiger partial charge on any atom is 0.268 e. The average molecular weight is 389 g/mol. The molecule has 0 spiro atoms. The lowest BCUT2D eigenvalue weighted by Crippen LogP contribution is -2.30. The number of rotatable bonds is 6. The lowest BCUT2D eigenvalue weighted by atomic mass is 10.0. The van der Waals surface area contributed by atoms with Crippen LogP contribution in [0, 0.1) is 29.6 Å². The number of aliphatic hydroxyl groups excluding tert-OH is 1. The Balaban J connectivity index is 2.23. The number of hydrogen-bond acceptors (Lipinski definition) is 6. The summed E-state index contributed by atoms with van der Waals surface area (Å²) in [5.41, 5.74) is 0.301. The molecular formula is C22H19N3O4. The highest BCUT2D eigenvalue weighted by atomic mass is 16.3. The molecule has 0 unspecified atom stereocenters. The minimum Gasteiger partial charge on any atom is -0.506 e. The van der Waals surface area contributed by atoms with E-state index in [1.165, 1.54) is 31.0 Å². The Labute approximate surface area is 168 Å². The van der Waals surface area contributed by atoms with Crippen LogP contribution in [-0.2, 0) is 4.79 Å². The SMILES string of the molecule is Cc1cc(/C(O)=C(\C#N)C(=O)N(C)CCC(=O)c2ccccc2)cc(C#N)c1O. The van der Waals surface area contributed by atoms with Crippen molar-refractivity contribution in [3.8, 4) is 17.9 Å². The van der Waals surface area contributed by atoms with Crippen LogP contribution in [0.3, 0.4) is 0 Å². The van der Waals surface area contributed by atoms with Gasteiger partial charge < -0.3 is 15.1 Å². The number of nitriles is 2. The molecule has 0 fully saturated rings. The van der Waals surface area contributed by atoms with Crippen molar-refractivity contribution in [2.75, 3.05) is 13.6 Å². The molecule has 1 amide bonds. The van der Waals surface area contributed by atoms with Gasteiger partial charge in [0, 0.05) is 31.1 Å². The Hall–Kier alpha value is -4.10. The molecule has 0 atom stereocenters. The Morgan fingerprint density at radius 3 is 2.34 bits per heavy atom. The first kappa shape index (κ1) is 21.2. The maximum atomic E-state index is 12.6. The van der Waals surface area contributed by atoms with Crippen LogP contribution in [0.25, 0.3) is 5.76 Å². The largest absolute Gasteiger partial charge is 0.506 e. The third kappa shape index (κ3) is 4.79. The van der Waals surface area contributed by atoms with Gasteiger partial charge in [-0.05, 0) is 24.6 Å². The van der Waals surface area contributed by atoms with E-state index in [1.807, 2.05) is 0 Å². The summed E-state index contributed by atoms with van der Waals surface area (Å²) in [7, 11) is 1.42. The number of ketones is 1. The maximum absolute atomic E-state index is 12.6. The predicted octanol–water partition coefficient (Wildman–Crippen LogP) is 3.10. The predicted molar refractivity (Wildman–Crippen MR) is 106 cm³/mol. The molecule has 0 aliphatic carbocycles. The molecule has 29 heavy (non-hydrogen) atoms. The van der Waals surface area contributed by atoms with Crippen LogP contribution in [0.5, 0.6) is 5.75 Å². The minimum atomic E-state index is -0.755. The number of benzene rings is 2. The molecule has 0 radical (unpaired) electrons. The van der Waals surface area contributed by atoms with Crippen LogP contribution in [0.15, 0.2) is 48.0 Å². The Kier molecular flexibility index (Phi) is 6.73. The number of likely N-dealkylation sites (N-methyl/N-ethyl adjacent to an activating group) is 1. The van der Waals surface area contributed by atoms with E-state index < -0.39 is 17.2 Å². The third-order valence-electron chi connectivity index (χ3n) is 4.37. The first-order valence-electron chi connectivity index (χ1n) is 8.71. The third-order valence-corrected chi connectivity index (χ3v) is 4.37. The molecule has 7 nitrogen and oxygen atoms in total. The number of amides is 1. The summed E-state index contributed by atoms with van der Waals surface area (Å²) in [5.74, 6) is -1.73. The van der Waals surface area contributed by atoms with Gasteiger partial charge in [-0.1, -0.05) is 30.3 Å². The second kappa shape index (κ2) is 9.20. The van der Waals surface area contributed by atoms with Crippen molar-refractivity contribution >= 4 is 17.4 Å². The van der Waals surface area contributed by atoms with E-state index in [2.05, 4.69) is 0 Å². The molecule has 0 saturated carbocycles. The molecule has 7 heteroatoms. The number of hydrogen-bond donors (Lipinski definition) is 2. The van der Waals surface area contributed by atoms with Crippen molar-refractivity contribution in [1.29, 1.82) is 10.5 Å². The van der Waals surface area contributed by atoms with E-state index in [0.717, 1.165) is 0 Å². The van der Waals surface area contributed by atoms with Gasteiger partial charge in [0.25, 0.3) is 5.91 Å². The molecule has 0 heterocycles. The number of carbonyl (C=O) groups is 2. The number of carbonyl (C=O) groups excluding carboxylic acids is 2. The zero-order valence-corrected chi connectivity index (χ0v) is 16.0. The molecule has 0 saturated heterocycles. The van der Waals surface area contributed by atoms with Crippen molar-refractivity contribution in [2.45, 2.75) is 13.3 Å². The number of Topliss-reactive ketones (excluding diaryl/α,β-unsaturated/α-hetero) is 1. The molecule has 0 aliphatic heterocycles. The van der Waals surface area contributed by atoms with Crippen LogP contribution in [0.4, 0.5) is 0 Å². The van der Waals surface area contributed by atoms with Gasteiger partial charge in [-0.25, -0.2) is 0 Å². The summed E-state index contributed by atoms with van der Waals surface area (Å²) in [6.45, 7) is 1.59. The fraction of sp³-hybridized carbons (Fsp3) is 0.182. The monoisotopic (exact) mass is 389 g/mol. The first-order valence-corrected chi connectivity index (χ1v) is 8.71. The minimum absolute atomic E-state index is 0.0582. The van der Waals surface area contributed by atoms with Crippen molar-refractivity contribution in [3.05, 3.63) is 70.3 Å². The average Bonchev–Trinajstić information content (AvgIpc) is 2.74. The molecule has 2 aromatic rings. The zero-order chi connectivity index (χ0) is 21.6. The Morgan fingerprint density at radius 2 is 1.76 bits per heavy atom. The van der Waals surface area contributed by atoms with E-state index in [9.17, 15) is 25.1 Å². The highest BCUT2D eigenvalue weighted by Crippen LogP contribution is 2.27. The molecule has 2 N–H and O–H groups in total. The fourth-order valence-corrected chi connectivity index (χ4v) is 2.68. The van der Waals surface area contributed by atoms with Gasteiger partial charge in [-0.2, -0.15) is 10.5 Å². The summed E-state index contributed by atoms with van der Waals surface area (Å²) in [6.07, 6.45) is 0.0582. The Morgan fingerprint density at radius 1 is 1.10 bits per heavy atom. The van der Waals surface area contributed by atoms with Crippen molar-refractivity contribution in [1.82, 2.24) is 4.90 Å². The van der Waals surface area contributed by atoms with Gasteiger partial charge in [-0.15, -0.1) is 0 Å². The highest BCUT2D eigenvalue weighted by Gasteiger charge is 2.22. The molecule has 0 bridgehead atoms. The normalized spacial score (nSPS) is 11.0. The van der Waals surface area contributed by atoms with Crippen LogP contribution in [0.1, 0.15) is 33.5 Å². The number of phenols is 1. The quantitative estimate of drug-likeness (QED) is 0.338. The molecular weight excluding hydrogens is 370 g/mol. The summed E-state index contributed by atoms with van der Waals surface area (Å²) >= 11 is 0. The molecule has 0 aliphatic rings. The van der Waals surface area contributed by atoms with E-state index in [0.29, 0.717) is 11.1 Å². The molecule has 2 rings (SSSR count). The molecule has 2 aromatic carbocycles. The van der Waals surface area contributed by atoms with Crippen molar-refractivity contribution in [2.24, 2.45) is 0 Å². The number of aryl methyl sites for hydroxylation is 1.